The number of piperidine rings is 1. The zero-order chi connectivity index (χ0) is 15.5. The number of amides is 2. The Balaban J connectivity index is 2.22. The van der Waals surface area contributed by atoms with E-state index in [1.165, 1.54) is 0 Å². The zero-order valence-electron chi connectivity index (χ0n) is 13.0. The van der Waals surface area contributed by atoms with E-state index in [1.54, 1.807) is 11.8 Å². The summed E-state index contributed by atoms with van der Waals surface area (Å²) in [6.07, 6.45) is 4.03. The second-order valence-electron chi connectivity index (χ2n) is 5.41. The molecule has 0 unspecified atom stereocenters. The molecule has 0 aromatic carbocycles. The minimum absolute atomic E-state index is 0.0537. The van der Waals surface area contributed by atoms with Crippen molar-refractivity contribution in [2.75, 3.05) is 37.7 Å². The van der Waals surface area contributed by atoms with E-state index in [9.17, 15) is 9.59 Å². The molecule has 1 atom stereocenters. The number of likely N-dealkylation sites (tertiary alicyclic amines) is 1. The number of carbonyl (C=O) groups excluding carboxylic acids is 2. The summed E-state index contributed by atoms with van der Waals surface area (Å²) >= 11 is 1.74. The predicted octanol–water partition coefficient (Wildman–Crippen LogP) is 1.26. The van der Waals surface area contributed by atoms with E-state index < -0.39 is 0 Å². The molecule has 1 heterocycles. The molecule has 0 spiro atoms. The number of aliphatic hydroxyl groups excluding tert-OH is 1. The number of hydrogen-bond acceptors (Lipinski definition) is 4. The van der Waals surface area contributed by atoms with E-state index in [0.29, 0.717) is 19.5 Å². The molecular formula is C15H28N2O3S. The molecule has 0 aliphatic carbocycles. The molecule has 0 aromatic rings. The quantitative estimate of drug-likeness (QED) is 0.628. The summed E-state index contributed by atoms with van der Waals surface area (Å²) < 4.78 is 0. The van der Waals surface area contributed by atoms with Gasteiger partial charge in [0.1, 0.15) is 0 Å². The molecule has 1 saturated heterocycles. The molecule has 5 nitrogen and oxygen atoms in total. The molecule has 1 rings (SSSR count). The standard InChI is InChI=1S/C15H28N2O3S/c1-2-5-14(19)17-8-3-6-13(12-17)15(20)16-7-11-21-10-4-9-18/h13,18H,2-12H2,1H3,(H,16,20)/t13-/m1/s1. The summed E-state index contributed by atoms with van der Waals surface area (Å²) in [5.74, 6) is 2.00. The topological polar surface area (TPSA) is 69.6 Å². The Morgan fingerprint density at radius 1 is 1.38 bits per heavy atom. The van der Waals surface area contributed by atoms with Gasteiger partial charge < -0.3 is 15.3 Å². The van der Waals surface area contributed by atoms with E-state index in [4.69, 9.17) is 5.11 Å². The third-order valence-corrected chi connectivity index (χ3v) is 4.67. The Morgan fingerprint density at radius 2 is 2.19 bits per heavy atom. The maximum atomic E-state index is 12.1. The van der Waals surface area contributed by atoms with Crippen LogP contribution in [0.3, 0.4) is 0 Å². The lowest BCUT2D eigenvalue weighted by Gasteiger charge is -2.32. The summed E-state index contributed by atoms with van der Waals surface area (Å²) in [6, 6.07) is 0. The van der Waals surface area contributed by atoms with Gasteiger partial charge in [-0.15, -0.1) is 0 Å². The molecule has 2 N–H and O–H groups in total. The monoisotopic (exact) mass is 316 g/mol. The highest BCUT2D eigenvalue weighted by molar-refractivity contribution is 7.99. The van der Waals surface area contributed by atoms with E-state index in [-0.39, 0.29) is 24.3 Å². The molecule has 21 heavy (non-hydrogen) atoms. The molecule has 0 saturated carbocycles. The number of thioether (sulfide) groups is 1. The molecular weight excluding hydrogens is 288 g/mol. The van der Waals surface area contributed by atoms with Crippen LogP contribution in [-0.2, 0) is 9.59 Å². The highest BCUT2D eigenvalue weighted by atomic mass is 32.2. The number of aliphatic hydroxyl groups is 1. The van der Waals surface area contributed by atoms with Crippen molar-refractivity contribution in [3.63, 3.8) is 0 Å². The van der Waals surface area contributed by atoms with Crippen LogP contribution in [-0.4, -0.2) is 59.6 Å². The SMILES string of the molecule is CCCC(=O)N1CCC[C@@H](C(=O)NCCSCCCO)C1. The highest BCUT2D eigenvalue weighted by Crippen LogP contribution is 2.17. The Morgan fingerprint density at radius 3 is 2.90 bits per heavy atom. The predicted molar refractivity (Wildman–Crippen MR) is 86.2 cm³/mol. The molecule has 122 valence electrons. The van der Waals surface area contributed by atoms with Crippen LogP contribution in [0.15, 0.2) is 0 Å². The fourth-order valence-electron chi connectivity index (χ4n) is 2.45. The zero-order valence-corrected chi connectivity index (χ0v) is 13.8. The molecule has 0 radical (unpaired) electrons. The van der Waals surface area contributed by atoms with Gasteiger partial charge >= 0.3 is 0 Å². The van der Waals surface area contributed by atoms with Crippen LogP contribution in [0.2, 0.25) is 0 Å². The van der Waals surface area contributed by atoms with Gasteiger partial charge in [-0.1, -0.05) is 6.92 Å². The molecule has 0 bridgehead atoms. The van der Waals surface area contributed by atoms with E-state index in [2.05, 4.69) is 5.32 Å². The third-order valence-electron chi connectivity index (χ3n) is 3.60. The first-order chi connectivity index (χ1) is 10.2. The number of rotatable bonds is 9. The normalized spacial score (nSPS) is 18.6. The largest absolute Gasteiger partial charge is 0.396 e. The first kappa shape index (κ1) is 18.3. The number of nitrogens with zero attached hydrogens (tertiary/aromatic N) is 1. The van der Waals surface area contributed by atoms with Gasteiger partial charge in [-0.2, -0.15) is 11.8 Å². The van der Waals surface area contributed by atoms with Crippen molar-refractivity contribution in [3.05, 3.63) is 0 Å². The lowest BCUT2D eigenvalue weighted by Crippen LogP contribution is -2.45. The smallest absolute Gasteiger partial charge is 0.224 e. The number of hydrogen-bond donors (Lipinski definition) is 2. The molecule has 1 fully saturated rings. The van der Waals surface area contributed by atoms with Crippen LogP contribution in [0.5, 0.6) is 0 Å². The highest BCUT2D eigenvalue weighted by Gasteiger charge is 2.27. The molecule has 1 aliphatic rings. The van der Waals surface area contributed by atoms with Gasteiger partial charge in [0.2, 0.25) is 11.8 Å². The summed E-state index contributed by atoms with van der Waals surface area (Å²) in [5.41, 5.74) is 0. The average molecular weight is 316 g/mol. The van der Waals surface area contributed by atoms with Crippen molar-refractivity contribution in [2.45, 2.75) is 39.0 Å². The molecule has 6 heteroatoms. The van der Waals surface area contributed by atoms with Crippen molar-refractivity contribution in [1.82, 2.24) is 10.2 Å². The van der Waals surface area contributed by atoms with Crippen LogP contribution < -0.4 is 5.32 Å². The summed E-state index contributed by atoms with van der Waals surface area (Å²) in [4.78, 5) is 25.9. The molecule has 2 amide bonds. The second-order valence-corrected chi connectivity index (χ2v) is 6.63. The minimum Gasteiger partial charge on any atom is -0.396 e. The molecule has 1 aliphatic heterocycles. The van der Waals surface area contributed by atoms with Crippen LogP contribution in [0.25, 0.3) is 0 Å². The lowest BCUT2D eigenvalue weighted by molar-refractivity contribution is -0.135. The maximum Gasteiger partial charge on any atom is 0.224 e. The maximum absolute atomic E-state index is 12.1. The first-order valence-electron chi connectivity index (χ1n) is 7.93. The van der Waals surface area contributed by atoms with E-state index in [1.807, 2.05) is 11.8 Å². The first-order valence-corrected chi connectivity index (χ1v) is 9.08. The molecule has 0 aromatic heterocycles. The van der Waals surface area contributed by atoms with Crippen LogP contribution in [0.1, 0.15) is 39.0 Å². The minimum atomic E-state index is -0.0537. The lowest BCUT2D eigenvalue weighted by atomic mass is 9.97. The van der Waals surface area contributed by atoms with Crippen LogP contribution >= 0.6 is 11.8 Å². The fourth-order valence-corrected chi connectivity index (χ4v) is 3.23. The van der Waals surface area contributed by atoms with Crippen molar-refractivity contribution in [2.24, 2.45) is 5.92 Å². The van der Waals surface area contributed by atoms with Gasteiger partial charge in [0, 0.05) is 38.4 Å². The van der Waals surface area contributed by atoms with Gasteiger partial charge in [-0.05, 0) is 31.4 Å². The van der Waals surface area contributed by atoms with Gasteiger partial charge in [-0.3, -0.25) is 9.59 Å². The average Bonchev–Trinajstić information content (AvgIpc) is 2.51. The summed E-state index contributed by atoms with van der Waals surface area (Å²) in [5, 5.41) is 11.6. The number of nitrogens with one attached hydrogen (secondary N) is 1. The van der Waals surface area contributed by atoms with Crippen LogP contribution in [0, 0.1) is 5.92 Å². The van der Waals surface area contributed by atoms with Gasteiger partial charge in [0.25, 0.3) is 0 Å². The van der Waals surface area contributed by atoms with Gasteiger partial charge in [0.15, 0.2) is 0 Å². The van der Waals surface area contributed by atoms with Crippen molar-refractivity contribution in [3.8, 4) is 0 Å². The number of carbonyl (C=O) groups is 2. The Kier molecular flexibility index (Phi) is 9.50. The summed E-state index contributed by atoms with van der Waals surface area (Å²) in [6.45, 7) is 4.25. The van der Waals surface area contributed by atoms with Gasteiger partial charge in [0.05, 0.1) is 5.92 Å². The fraction of sp³-hybridized carbons (Fsp3) is 0.867. The van der Waals surface area contributed by atoms with Crippen molar-refractivity contribution >= 4 is 23.6 Å². The third kappa shape index (κ3) is 7.18. The Labute approximate surface area is 131 Å². The van der Waals surface area contributed by atoms with Crippen molar-refractivity contribution in [1.29, 1.82) is 0 Å². The Bertz CT molecular complexity index is 326. The summed E-state index contributed by atoms with van der Waals surface area (Å²) in [7, 11) is 0. The van der Waals surface area contributed by atoms with Crippen molar-refractivity contribution < 1.29 is 14.7 Å². The Hall–Kier alpha value is -0.750. The van der Waals surface area contributed by atoms with Gasteiger partial charge in [-0.25, -0.2) is 0 Å². The van der Waals surface area contributed by atoms with E-state index >= 15 is 0 Å². The second kappa shape index (κ2) is 10.9. The van der Waals surface area contributed by atoms with Crippen LogP contribution in [0.4, 0.5) is 0 Å². The van der Waals surface area contributed by atoms with E-state index in [0.717, 1.165) is 43.7 Å².